The summed E-state index contributed by atoms with van der Waals surface area (Å²) in [7, 11) is 1.38. The Kier molecular flexibility index (Phi) is 8.97. The highest BCUT2D eigenvalue weighted by Crippen LogP contribution is 2.28. The number of amides is 2. The maximum absolute atomic E-state index is 11.9. The number of hydrogen-bond acceptors (Lipinski definition) is 6. The highest BCUT2D eigenvalue weighted by Gasteiger charge is 2.15. The highest BCUT2D eigenvalue weighted by molar-refractivity contribution is 7.99. The van der Waals surface area contributed by atoms with Gasteiger partial charge in [-0.25, -0.2) is 0 Å². The van der Waals surface area contributed by atoms with Crippen molar-refractivity contribution in [1.82, 2.24) is 10.6 Å². The lowest BCUT2D eigenvalue weighted by Gasteiger charge is -2.08. The number of rotatable bonds is 11. The van der Waals surface area contributed by atoms with Crippen molar-refractivity contribution >= 4 is 29.3 Å². The lowest BCUT2D eigenvalue weighted by molar-refractivity contribution is -0.385. The first-order chi connectivity index (χ1) is 14.0. The summed E-state index contributed by atoms with van der Waals surface area (Å²) < 4.78 is 4.97. The quantitative estimate of drug-likeness (QED) is 0.330. The number of carbonyl (C=O) groups is 2. The standard InChI is InChI=1S/C20H23N3O5S/c1-28-18-8-7-16(11-17(18)23(26)27)13-29-14-20(25)22-10-9-21-19(24)12-15-5-3-2-4-6-15/h2-8,11H,9-10,12-14H2,1H3,(H,21,24)(H,22,25). The molecule has 0 atom stereocenters. The van der Waals surface area contributed by atoms with Gasteiger partial charge in [-0.3, -0.25) is 19.7 Å². The van der Waals surface area contributed by atoms with Gasteiger partial charge >= 0.3 is 5.69 Å². The zero-order chi connectivity index (χ0) is 21.1. The van der Waals surface area contributed by atoms with Gasteiger partial charge in [-0.05, 0) is 17.2 Å². The van der Waals surface area contributed by atoms with Gasteiger partial charge in [-0.15, -0.1) is 11.8 Å². The summed E-state index contributed by atoms with van der Waals surface area (Å²) in [5.74, 6) is 0.635. The number of nitro benzene ring substituents is 1. The summed E-state index contributed by atoms with van der Waals surface area (Å²) in [4.78, 5) is 34.2. The van der Waals surface area contributed by atoms with Crippen molar-refractivity contribution in [2.45, 2.75) is 12.2 Å². The van der Waals surface area contributed by atoms with Crippen LogP contribution < -0.4 is 15.4 Å². The molecule has 0 aliphatic carbocycles. The fourth-order valence-electron chi connectivity index (χ4n) is 2.53. The third kappa shape index (κ3) is 7.82. The Morgan fingerprint density at radius 1 is 1.03 bits per heavy atom. The molecule has 29 heavy (non-hydrogen) atoms. The number of thioether (sulfide) groups is 1. The number of hydrogen-bond donors (Lipinski definition) is 2. The van der Waals surface area contributed by atoms with Gasteiger partial charge in [0.05, 0.1) is 24.2 Å². The van der Waals surface area contributed by atoms with Gasteiger partial charge in [0, 0.05) is 24.9 Å². The highest BCUT2D eigenvalue weighted by atomic mass is 32.2. The smallest absolute Gasteiger partial charge is 0.311 e. The SMILES string of the molecule is COc1ccc(CSCC(=O)NCCNC(=O)Cc2ccccc2)cc1[N+](=O)[O-]. The monoisotopic (exact) mass is 417 g/mol. The lowest BCUT2D eigenvalue weighted by atomic mass is 10.1. The molecule has 0 unspecified atom stereocenters. The van der Waals surface area contributed by atoms with Gasteiger partial charge < -0.3 is 15.4 Å². The largest absolute Gasteiger partial charge is 0.490 e. The second-order valence-electron chi connectivity index (χ2n) is 6.12. The van der Waals surface area contributed by atoms with Crippen LogP contribution in [0, 0.1) is 10.1 Å². The maximum atomic E-state index is 11.9. The molecule has 2 N–H and O–H groups in total. The van der Waals surface area contributed by atoms with E-state index in [2.05, 4.69) is 10.6 Å². The van der Waals surface area contributed by atoms with E-state index in [1.807, 2.05) is 30.3 Å². The van der Waals surface area contributed by atoms with E-state index in [0.29, 0.717) is 25.3 Å². The summed E-state index contributed by atoms with van der Waals surface area (Å²) in [6.07, 6.45) is 0.304. The average Bonchev–Trinajstić information content (AvgIpc) is 2.72. The number of nitrogens with zero attached hydrogens (tertiary/aromatic N) is 1. The molecular formula is C20H23N3O5S. The molecule has 2 aromatic rings. The molecule has 2 rings (SSSR count). The third-order valence-electron chi connectivity index (χ3n) is 3.92. The summed E-state index contributed by atoms with van der Waals surface area (Å²) in [6, 6.07) is 14.2. The Hall–Kier alpha value is -3.07. The molecular weight excluding hydrogens is 394 g/mol. The minimum atomic E-state index is -0.494. The lowest BCUT2D eigenvalue weighted by Crippen LogP contribution is -2.36. The molecule has 154 valence electrons. The molecule has 0 saturated carbocycles. The molecule has 0 aliphatic heterocycles. The zero-order valence-corrected chi connectivity index (χ0v) is 16.9. The summed E-state index contributed by atoms with van der Waals surface area (Å²) >= 11 is 1.35. The number of nitrogens with one attached hydrogen (secondary N) is 2. The summed E-state index contributed by atoms with van der Waals surface area (Å²) in [5.41, 5.74) is 1.58. The Labute approximate surface area is 173 Å². The molecule has 2 aromatic carbocycles. The van der Waals surface area contributed by atoms with E-state index in [-0.39, 0.29) is 29.0 Å². The van der Waals surface area contributed by atoms with Crippen LogP contribution in [0.4, 0.5) is 5.69 Å². The van der Waals surface area contributed by atoms with E-state index in [1.165, 1.54) is 24.9 Å². The van der Waals surface area contributed by atoms with Crippen LogP contribution in [0.15, 0.2) is 48.5 Å². The van der Waals surface area contributed by atoms with Crippen LogP contribution in [-0.2, 0) is 21.8 Å². The molecule has 8 nitrogen and oxygen atoms in total. The predicted octanol–water partition coefficient (Wildman–Crippen LogP) is 2.31. The zero-order valence-electron chi connectivity index (χ0n) is 16.1. The van der Waals surface area contributed by atoms with Crippen molar-refractivity contribution < 1.29 is 19.2 Å². The van der Waals surface area contributed by atoms with Crippen molar-refractivity contribution in [3.63, 3.8) is 0 Å². The van der Waals surface area contributed by atoms with Gasteiger partial charge in [0.1, 0.15) is 0 Å². The van der Waals surface area contributed by atoms with E-state index in [0.717, 1.165) is 11.1 Å². The second kappa shape index (κ2) is 11.7. The van der Waals surface area contributed by atoms with E-state index in [1.54, 1.807) is 12.1 Å². The first-order valence-electron chi connectivity index (χ1n) is 8.96. The summed E-state index contributed by atoms with van der Waals surface area (Å²) in [5, 5.41) is 16.5. The molecule has 0 bridgehead atoms. The first kappa shape index (κ1) is 22.2. The fraction of sp³-hybridized carbons (Fsp3) is 0.300. The number of ether oxygens (including phenoxy) is 1. The Balaban J connectivity index is 1.63. The van der Waals surface area contributed by atoms with E-state index < -0.39 is 4.92 Å². The van der Waals surface area contributed by atoms with Gasteiger partial charge in [-0.1, -0.05) is 36.4 Å². The van der Waals surface area contributed by atoms with Crippen LogP contribution >= 0.6 is 11.8 Å². The van der Waals surface area contributed by atoms with Crippen molar-refractivity contribution in [3.8, 4) is 5.75 Å². The van der Waals surface area contributed by atoms with Crippen molar-refractivity contribution in [2.24, 2.45) is 0 Å². The van der Waals surface area contributed by atoms with Crippen molar-refractivity contribution in [1.29, 1.82) is 0 Å². The Morgan fingerprint density at radius 2 is 1.72 bits per heavy atom. The molecule has 0 heterocycles. The fourth-order valence-corrected chi connectivity index (χ4v) is 3.33. The molecule has 0 spiro atoms. The maximum Gasteiger partial charge on any atom is 0.311 e. The third-order valence-corrected chi connectivity index (χ3v) is 4.92. The van der Waals surface area contributed by atoms with E-state index in [4.69, 9.17) is 4.74 Å². The molecule has 0 aliphatic rings. The Bertz CT molecular complexity index is 845. The predicted molar refractivity (Wildman–Crippen MR) is 112 cm³/mol. The van der Waals surface area contributed by atoms with Crippen LogP contribution in [0.3, 0.4) is 0 Å². The molecule has 0 saturated heterocycles. The van der Waals surface area contributed by atoms with Crippen LogP contribution in [0.1, 0.15) is 11.1 Å². The number of nitro groups is 1. The van der Waals surface area contributed by atoms with Gasteiger partial charge in [0.15, 0.2) is 5.75 Å². The molecule has 0 radical (unpaired) electrons. The first-order valence-corrected chi connectivity index (χ1v) is 10.1. The second-order valence-corrected chi connectivity index (χ2v) is 7.10. The number of carbonyl (C=O) groups excluding carboxylic acids is 2. The number of methoxy groups -OCH3 is 1. The van der Waals surface area contributed by atoms with Gasteiger partial charge in [0.25, 0.3) is 0 Å². The van der Waals surface area contributed by atoms with E-state index in [9.17, 15) is 19.7 Å². The van der Waals surface area contributed by atoms with Crippen LogP contribution in [-0.4, -0.2) is 42.7 Å². The normalized spacial score (nSPS) is 10.2. The van der Waals surface area contributed by atoms with Crippen molar-refractivity contribution in [3.05, 3.63) is 69.8 Å². The molecule has 0 aromatic heterocycles. The van der Waals surface area contributed by atoms with Crippen molar-refractivity contribution in [2.75, 3.05) is 26.0 Å². The van der Waals surface area contributed by atoms with Crippen LogP contribution in [0.2, 0.25) is 0 Å². The molecule has 2 amide bonds. The topological polar surface area (TPSA) is 111 Å². The summed E-state index contributed by atoms with van der Waals surface area (Å²) in [6.45, 7) is 0.695. The van der Waals surface area contributed by atoms with Crippen LogP contribution in [0.25, 0.3) is 0 Å². The Morgan fingerprint density at radius 3 is 2.38 bits per heavy atom. The van der Waals surface area contributed by atoms with Gasteiger partial charge in [-0.2, -0.15) is 0 Å². The van der Waals surface area contributed by atoms with Gasteiger partial charge in [0.2, 0.25) is 11.8 Å². The van der Waals surface area contributed by atoms with Crippen LogP contribution in [0.5, 0.6) is 5.75 Å². The molecule has 9 heteroatoms. The average molecular weight is 417 g/mol. The number of benzene rings is 2. The van der Waals surface area contributed by atoms with E-state index >= 15 is 0 Å². The minimum Gasteiger partial charge on any atom is -0.490 e. The minimum absolute atomic E-state index is 0.0960. The molecule has 0 fully saturated rings.